The zero-order chi connectivity index (χ0) is 18.8. The van der Waals surface area contributed by atoms with Crippen molar-refractivity contribution >= 4 is 11.8 Å². The molecule has 1 N–H and O–H groups in total. The summed E-state index contributed by atoms with van der Waals surface area (Å²) in [6.45, 7) is 4.16. The molecule has 3 aliphatic rings. The lowest BCUT2D eigenvalue weighted by Gasteiger charge is -2.45. The number of amides is 2. The molecule has 0 aliphatic carbocycles. The third-order valence-electron chi connectivity index (χ3n) is 6.46. The van der Waals surface area contributed by atoms with E-state index in [1.807, 2.05) is 66.4 Å². The third-order valence-corrected chi connectivity index (χ3v) is 6.46. The fraction of sp³-hybridized carbons (Fsp3) is 0.364. The van der Waals surface area contributed by atoms with E-state index in [-0.39, 0.29) is 29.7 Å². The van der Waals surface area contributed by atoms with E-state index in [2.05, 4.69) is 5.32 Å². The van der Waals surface area contributed by atoms with Crippen molar-refractivity contribution in [2.75, 3.05) is 6.61 Å². The Kier molecular flexibility index (Phi) is 3.39. The number of carbonyl (C=O) groups excluding carboxylic acids is 2. The molecule has 0 saturated carbocycles. The van der Waals surface area contributed by atoms with Gasteiger partial charge in [-0.2, -0.15) is 0 Å². The summed E-state index contributed by atoms with van der Waals surface area (Å²) in [5, 5.41) is 2.90. The first-order valence-corrected chi connectivity index (χ1v) is 9.44. The molecule has 0 bridgehead atoms. The molecule has 2 fully saturated rings. The second kappa shape index (κ2) is 5.59. The van der Waals surface area contributed by atoms with Crippen LogP contribution in [0.5, 0.6) is 5.75 Å². The average Bonchev–Trinajstić information content (AvgIpc) is 2.97. The molecule has 5 heteroatoms. The van der Waals surface area contributed by atoms with Crippen molar-refractivity contribution in [2.45, 2.75) is 37.4 Å². The van der Waals surface area contributed by atoms with Crippen LogP contribution in [0.1, 0.15) is 36.9 Å². The summed E-state index contributed by atoms with van der Waals surface area (Å²) in [7, 11) is 0. The molecule has 0 spiro atoms. The summed E-state index contributed by atoms with van der Waals surface area (Å²) >= 11 is 0. The molecule has 0 radical (unpaired) electrons. The maximum atomic E-state index is 13.3. The van der Waals surface area contributed by atoms with E-state index in [4.69, 9.17) is 4.74 Å². The maximum Gasteiger partial charge on any atom is 0.247 e. The minimum Gasteiger partial charge on any atom is -0.493 e. The van der Waals surface area contributed by atoms with Crippen molar-refractivity contribution in [2.24, 2.45) is 5.92 Å². The lowest BCUT2D eigenvalue weighted by molar-refractivity contribution is -0.156. The van der Waals surface area contributed by atoms with E-state index >= 15 is 0 Å². The number of carbonyl (C=O) groups is 2. The van der Waals surface area contributed by atoms with Crippen LogP contribution < -0.4 is 10.1 Å². The summed E-state index contributed by atoms with van der Waals surface area (Å²) in [6.07, 6.45) is 0. The maximum absolute atomic E-state index is 13.3. The molecule has 2 amide bonds. The summed E-state index contributed by atoms with van der Waals surface area (Å²) in [6, 6.07) is 17.2. The van der Waals surface area contributed by atoms with E-state index in [1.165, 1.54) is 0 Å². The standard InChI is InChI=1S/C22H22N2O3/c1-13-20(25)24-19-15-10-6-7-11-17(15)27-12-16(19)18(14-8-4-3-5-9-14)22(24,2)21(26)23-13/h3-11,13,16,18-19H,12H2,1-2H3,(H,23,26)/t13?,16?,18?,19?,22-/m1/s1. The lowest BCUT2D eigenvalue weighted by atomic mass is 9.73. The van der Waals surface area contributed by atoms with Crippen LogP contribution in [0, 0.1) is 5.92 Å². The van der Waals surface area contributed by atoms with Gasteiger partial charge in [-0.1, -0.05) is 48.5 Å². The zero-order valence-corrected chi connectivity index (χ0v) is 15.4. The third kappa shape index (κ3) is 2.05. The largest absolute Gasteiger partial charge is 0.493 e. The smallest absolute Gasteiger partial charge is 0.247 e. The Morgan fingerprint density at radius 2 is 1.78 bits per heavy atom. The summed E-state index contributed by atoms with van der Waals surface area (Å²) < 4.78 is 6.07. The average molecular weight is 362 g/mol. The Bertz CT molecular complexity index is 928. The van der Waals surface area contributed by atoms with Gasteiger partial charge >= 0.3 is 0 Å². The van der Waals surface area contributed by atoms with Crippen molar-refractivity contribution < 1.29 is 14.3 Å². The van der Waals surface area contributed by atoms with Gasteiger partial charge in [0.15, 0.2) is 0 Å². The van der Waals surface area contributed by atoms with Gasteiger partial charge in [-0.3, -0.25) is 9.59 Å². The molecule has 0 aromatic heterocycles. The molecule has 4 unspecified atom stereocenters. The number of hydrogen-bond donors (Lipinski definition) is 1. The van der Waals surface area contributed by atoms with Gasteiger partial charge in [0.05, 0.1) is 12.6 Å². The number of para-hydroxylation sites is 1. The van der Waals surface area contributed by atoms with Gasteiger partial charge in [-0.15, -0.1) is 0 Å². The zero-order valence-electron chi connectivity index (χ0n) is 15.4. The van der Waals surface area contributed by atoms with Gasteiger partial charge in [0.25, 0.3) is 0 Å². The molecule has 5 nitrogen and oxygen atoms in total. The summed E-state index contributed by atoms with van der Waals surface area (Å²) in [4.78, 5) is 28.4. The Hall–Kier alpha value is -2.82. The van der Waals surface area contributed by atoms with Gasteiger partial charge in [0.2, 0.25) is 11.8 Å². The highest BCUT2D eigenvalue weighted by atomic mass is 16.5. The Morgan fingerprint density at radius 3 is 2.56 bits per heavy atom. The number of piperazine rings is 1. The van der Waals surface area contributed by atoms with Crippen LogP contribution in [-0.4, -0.2) is 34.9 Å². The van der Waals surface area contributed by atoms with Gasteiger partial charge < -0.3 is 15.0 Å². The Labute approximate surface area is 158 Å². The molecular formula is C22H22N2O3. The fourth-order valence-electron chi connectivity index (χ4n) is 5.29. The second-order valence-electron chi connectivity index (χ2n) is 7.90. The van der Waals surface area contributed by atoms with Crippen molar-refractivity contribution in [3.8, 4) is 5.75 Å². The first-order valence-electron chi connectivity index (χ1n) is 9.44. The van der Waals surface area contributed by atoms with Crippen LogP contribution in [0.25, 0.3) is 0 Å². The summed E-state index contributed by atoms with van der Waals surface area (Å²) in [5.41, 5.74) is 1.12. The van der Waals surface area contributed by atoms with E-state index < -0.39 is 11.6 Å². The molecule has 27 heavy (non-hydrogen) atoms. The van der Waals surface area contributed by atoms with Crippen LogP contribution in [0.15, 0.2) is 54.6 Å². The second-order valence-corrected chi connectivity index (χ2v) is 7.90. The number of ether oxygens (including phenoxy) is 1. The fourth-order valence-corrected chi connectivity index (χ4v) is 5.29. The number of benzene rings is 2. The first-order chi connectivity index (χ1) is 13.0. The van der Waals surface area contributed by atoms with Gasteiger partial charge in [0, 0.05) is 17.4 Å². The summed E-state index contributed by atoms with van der Waals surface area (Å²) in [5.74, 6) is 0.583. The Balaban J connectivity index is 1.75. The number of rotatable bonds is 1. The lowest BCUT2D eigenvalue weighted by Crippen LogP contribution is -2.68. The highest BCUT2D eigenvalue weighted by molar-refractivity contribution is 6.01. The van der Waals surface area contributed by atoms with Crippen molar-refractivity contribution in [3.05, 3.63) is 65.7 Å². The number of nitrogens with one attached hydrogen (secondary N) is 1. The minimum atomic E-state index is -0.943. The highest BCUT2D eigenvalue weighted by Crippen LogP contribution is 2.59. The SMILES string of the molecule is CC1NC(=O)[C@@]2(C)C(c3ccccc3)C3COc4ccccc4C3N2C1=O. The molecule has 2 saturated heterocycles. The van der Waals surface area contributed by atoms with Gasteiger partial charge in [-0.05, 0) is 25.5 Å². The molecule has 3 heterocycles. The molecular weight excluding hydrogens is 340 g/mol. The Morgan fingerprint density at radius 1 is 1.07 bits per heavy atom. The molecule has 5 atom stereocenters. The van der Waals surface area contributed by atoms with Crippen LogP contribution in [0.2, 0.25) is 0 Å². The predicted octanol–water partition coefficient (Wildman–Crippen LogP) is 2.64. The number of fused-ring (bicyclic) bond motifs is 5. The molecule has 3 aliphatic heterocycles. The predicted molar refractivity (Wildman–Crippen MR) is 100 cm³/mol. The van der Waals surface area contributed by atoms with Gasteiger partial charge in [0.1, 0.15) is 17.3 Å². The van der Waals surface area contributed by atoms with Crippen LogP contribution in [0.3, 0.4) is 0 Å². The molecule has 2 aromatic rings. The quantitative estimate of drug-likeness (QED) is 0.848. The minimum absolute atomic E-state index is 0.0206. The van der Waals surface area contributed by atoms with Crippen molar-refractivity contribution in [1.29, 1.82) is 0 Å². The van der Waals surface area contributed by atoms with E-state index in [9.17, 15) is 9.59 Å². The van der Waals surface area contributed by atoms with Crippen LogP contribution in [-0.2, 0) is 9.59 Å². The monoisotopic (exact) mass is 362 g/mol. The van der Waals surface area contributed by atoms with E-state index in [0.29, 0.717) is 6.61 Å². The normalized spacial score (nSPS) is 34.2. The topological polar surface area (TPSA) is 58.6 Å². The molecule has 5 rings (SSSR count). The van der Waals surface area contributed by atoms with Crippen molar-refractivity contribution in [3.63, 3.8) is 0 Å². The molecule has 138 valence electrons. The first kappa shape index (κ1) is 16.4. The number of nitrogens with zero attached hydrogens (tertiary/aromatic N) is 1. The van der Waals surface area contributed by atoms with E-state index in [0.717, 1.165) is 16.9 Å². The van der Waals surface area contributed by atoms with Gasteiger partial charge in [-0.25, -0.2) is 0 Å². The van der Waals surface area contributed by atoms with Crippen molar-refractivity contribution in [1.82, 2.24) is 10.2 Å². The van der Waals surface area contributed by atoms with Crippen LogP contribution >= 0.6 is 0 Å². The van der Waals surface area contributed by atoms with E-state index in [1.54, 1.807) is 6.92 Å². The highest BCUT2D eigenvalue weighted by Gasteiger charge is 2.66. The van der Waals surface area contributed by atoms with Crippen LogP contribution in [0.4, 0.5) is 0 Å². The number of hydrogen-bond acceptors (Lipinski definition) is 3. The molecule has 2 aromatic carbocycles.